The van der Waals surface area contributed by atoms with Crippen molar-refractivity contribution in [1.29, 1.82) is 0 Å². The molecule has 1 aliphatic rings. The third-order valence-corrected chi connectivity index (χ3v) is 4.08. The Morgan fingerprint density at radius 3 is 2.81 bits per heavy atom. The number of nitrogens with zero attached hydrogens (tertiary/aromatic N) is 1. The summed E-state index contributed by atoms with van der Waals surface area (Å²) < 4.78 is 0. The maximum atomic E-state index is 6.09. The summed E-state index contributed by atoms with van der Waals surface area (Å²) in [5.74, 6) is 0.707. The molecule has 2 nitrogen and oxygen atoms in total. The predicted molar refractivity (Wildman–Crippen MR) is 67.7 cm³/mol. The van der Waals surface area contributed by atoms with Gasteiger partial charge in [0, 0.05) is 24.2 Å². The Kier molecular flexibility index (Phi) is 3.82. The molecule has 1 saturated carbocycles. The molecule has 1 fully saturated rings. The number of aromatic nitrogens is 1. The summed E-state index contributed by atoms with van der Waals surface area (Å²) in [7, 11) is 0. The summed E-state index contributed by atoms with van der Waals surface area (Å²) in [4.78, 5) is 4.40. The van der Waals surface area contributed by atoms with Crippen LogP contribution in [-0.2, 0) is 6.54 Å². The average Bonchev–Trinajstić information content (AvgIpc) is 2.78. The fourth-order valence-electron chi connectivity index (χ4n) is 2.38. The van der Waals surface area contributed by atoms with Crippen molar-refractivity contribution in [3.05, 3.63) is 29.6 Å². The topological polar surface area (TPSA) is 24.9 Å². The van der Waals surface area contributed by atoms with Gasteiger partial charge in [0.25, 0.3) is 0 Å². The zero-order valence-electron chi connectivity index (χ0n) is 9.80. The van der Waals surface area contributed by atoms with Gasteiger partial charge < -0.3 is 5.32 Å². The summed E-state index contributed by atoms with van der Waals surface area (Å²) >= 11 is 6.09. The molecular formula is C13H19ClN2. The van der Waals surface area contributed by atoms with Crippen LogP contribution in [0.5, 0.6) is 0 Å². The van der Waals surface area contributed by atoms with E-state index >= 15 is 0 Å². The first kappa shape index (κ1) is 11.9. The lowest BCUT2D eigenvalue weighted by Crippen LogP contribution is -2.44. The van der Waals surface area contributed by atoms with Crippen molar-refractivity contribution in [2.75, 3.05) is 5.88 Å². The Morgan fingerprint density at radius 1 is 1.44 bits per heavy atom. The van der Waals surface area contributed by atoms with E-state index in [1.54, 1.807) is 0 Å². The van der Waals surface area contributed by atoms with E-state index in [-0.39, 0.29) is 5.54 Å². The first-order chi connectivity index (χ1) is 7.76. The lowest BCUT2D eigenvalue weighted by Gasteiger charge is -2.28. The van der Waals surface area contributed by atoms with Crippen molar-refractivity contribution in [3.63, 3.8) is 0 Å². The highest BCUT2D eigenvalue weighted by Crippen LogP contribution is 2.30. The molecule has 0 atom stereocenters. The van der Waals surface area contributed by atoms with Gasteiger partial charge in [-0.15, -0.1) is 11.6 Å². The number of hydrogen-bond donors (Lipinski definition) is 1. The van der Waals surface area contributed by atoms with Gasteiger partial charge in [-0.3, -0.25) is 4.98 Å². The van der Waals surface area contributed by atoms with E-state index < -0.39 is 0 Å². The fourth-order valence-corrected chi connectivity index (χ4v) is 2.75. The van der Waals surface area contributed by atoms with E-state index in [4.69, 9.17) is 11.6 Å². The summed E-state index contributed by atoms with van der Waals surface area (Å²) in [6.45, 7) is 2.94. The smallest absolute Gasteiger partial charge is 0.0570 e. The average molecular weight is 239 g/mol. The predicted octanol–water partition coefficient (Wildman–Crippen LogP) is 3.03. The Hall–Kier alpha value is -0.600. The second-order valence-electron chi connectivity index (χ2n) is 4.74. The lowest BCUT2D eigenvalue weighted by molar-refractivity contribution is 0.365. The number of aryl methyl sites for hydroxylation is 1. The van der Waals surface area contributed by atoms with E-state index in [9.17, 15) is 0 Å². The molecule has 1 heterocycles. The zero-order valence-corrected chi connectivity index (χ0v) is 10.6. The number of rotatable bonds is 4. The highest BCUT2D eigenvalue weighted by atomic mass is 35.5. The maximum absolute atomic E-state index is 6.09. The number of hydrogen-bond acceptors (Lipinski definition) is 2. The minimum atomic E-state index is 0.158. The second kappa shape index (κ2) is 5.15. The van der Waals surface area contributed by atoms with Crippen LogP contribution in [0, 0.1) is 6.92 Å². The zero-order chi connectivity index (χ0) is 11.4. The molecule has 1 aliphatic carbocycles. The highest BCUT2D eigenvalue weighted by Gasteiger charge is 2.32. The highest BCUT2D eigenvalue weighted by molar-refractivity contribution is 6.18. The first-order valence-electron chi connectivity index (χ1n) is 5.97. The number of alkyl halides is 1. The molecule has 1 aromatic rings. The van der Waals surface area contributed by atoms with Gasteiger partial charge in [-0.05, 0) is 31.4 Å². The molecule has 2 rings (SSSR count). The minimum Gasteiger partial charge on any atom is -0.304 e. The van der Waals surface area contributed by atoms with Crippen LogP contribution < -0.4 is 5.32 Å². The molecule has 0 saturated heterocycles. The van der Waals surface area contributed by atoms with Crippen molar-refractivity contribution < 1.29 is 0 Å². The van der Waals surface area contributed by atoms with Crippen LogP contribution in [0.1, 0.15) is 36.9 Å². The van der Waals surface area contributed by atoms with E-state index in [0.717, 1.165) is 12.2 Å². The van der Waals surface area contributed by atoms with E-state index in [1.165, 1.54) is 31.2 Å². The molecule has 88 valence electrons. The van der Waals surface area contributed by atoms with E-state index in [1.807, 2.05) is 12.3 Å². The molecular weight excluding hydrogens is 220 g/mol. The summed E-state index contributed by atoms with van der Waals surface area (Å²) in [6, 6.07) is 4.08. The van der Waals surface area contributed by atoms with Crippen LogP contribution in [-0.4, -0.2) is 16.4 Å². The van der Waals surface area contributed by atoms with Crippen molar-refractivity contribution in [3.8, 4) is 0 Å². The first-order valence-corrected chi connectivity index (χ1v) is 6.51. The number of nitrogens with one attached hydrogen (secondary N) is 1. The Balaban J connectivity index is 1.98. The van der Waals surface area contributed by atoms with Gasteiger partial charge in [0.2, 0.25) is 0 Å². The third kappa shape index (κ3) is 2.55. The van der Waals surface area contributed by atoms with Crippen LogP contribution in [0.2, 0.25) is 0 Å². The van der Waals surface area contributed by atoms with E-state index in [0.29, 0.717) is 5.88 Å². The van der Waals surface area contributed by atoms with Crippen LogP contribution in [0.15, 0.2) is 18.3 Å². The van der Waals surface area contributed by atoms with Crippen LogP contribution in [0.3, 0.4) is 0 Å². The van der Waals surface area contributed by atoms with Crippen molar-refractivity contribution in [2.45, 2.75) is 44.7 Å². The quantitative estimate of drug-likeness (QED) is 0.816. The molecule has 1 N–H and O–H groups in total. The van der Waals surface area contributed by atoms with Gasteiger partial charge in [-0.25, -0.2) is 0 Å². The lowest BCUT2D eigenvalue weighted by atomic mass is 10.00. The normalized spacial score (nSPS) is 18.9. The van der Waals surface area contributed by atoms with Crippen molar-refractivity contribution >= 4 is 11.6 Å². The van der Waals surface area contributed by atoms with Gasteiger partial charge >= 0.3 is 0 Å². The molecule has 16 heavy (non-hydrogen) atoms. The number of halogens is 1. The monoisotopic (exact) mass is 238 g/mol. The second-order valence-corrected chi connectivity index (χ2v) is 5.01. The van der Waals surface area contributed by atoms with E-state index in [2.05, 4.69) is 23.3 Å². The molecule has 0 aromatic carbocycles. The Morgan fingerprint density at radius 2 is 2.19 bits per heavy atom. The molecule has 0 amide bonds. The minimum absolute atomic E-state index is 0.158. The van der Waals surface area contributed by atoms with Crippen LogP contribution in [0.4, 0.5) is 0 Å². The standard InChI is InChI=1S/C13H19ClN2/c1-11-5-4-8-15-12(11)9-16-13(10-14)6-2-3-7-13/h4-5,8,16H,2-3,6-7,9-10H2,1H3. The molecule has 0 unspecified atom stereocenters. The van der Waals surface area contributed by atoms with Gasteiger partial charge in [0.1, 0.15) is 0 Å². The van der Waals surface area contributed by atoms with Gasteiger partial charge in [-0.2, -0.15) is 0 Å². The van der Waals surface area contributed by atoms with Crippen molar-refractivity contribution in [2.24, 2.45) is 0 Å². The van der Waals surface area contributed by atoms with Gasteiger partial charge in [0.15, 0.2) is 0 Å². The van der Waals surface area contributed by atoms with Crippen LogP contribution in [0.25, 0.3) is 0 Å². The SMILES string of the molecule is Cc1cccnc1CNC1(CCl)CCCC1. The molecule has 0 radical (unpaired) electrons. The largest absolute Gasteiger partial charge is 0.304 e. The van der Waals surface area contributed by atoms with Crippen LogP contribution >= 0.6 is 11.6 Å². The summed E-state index contributed by atoms with van der Waals surface area (Å²) in [5.41, 5.74) is 2.54. The molecule has 0 spiro atoms. The summed E-state index contributed by atoms with van der Waals surface area (Å²) in [6.07, 6.45) is 6.83. The third-order valence-electron chi connectivity index (χ3n) is 3.57. The Labute approximate surface area is 102 Å². The molecule has 0 aliphatic heterocycles. The maximum Gasteiger partial charge on any atom is 0.0570 e. The van der Waals surface area contributed by atoms with Crippen molar-refractivity contribution in [1.82, 2.24) is 10.3 Å². The number of pyridine rings is 1. The molecule has 1 aromatic heterocycles. The fraction of sp³-hybridized carbons (Fsp3) is 0.615. The van der Waals surface area contributed by atoms with Gasteiger partial charge in [-0.1, -0.05) is 18.9 Å². The molecule has 0 bridgehead atoms. The summed E-state index contributed by atoms with van der Waals surface area (Å²) in [5, 5.41) is 3.61. The van der Waals surface area contributed by atoms with Gasteiger partial charge in [0.05, 0.1) is 5.69 Å². The Bertz CT molecular complexity index is 346. The molecule has 3 heteroatoms.